The lowest BCUT2D eigenvalue weighted by atomic mass is 9.95. The average Bonchev–Trinajstić information content (AvgIpc) is 2.12. The number of rotatable bonds is 5. The number of amidine groups is 1. The van der Waals surface area contributed by atoms with Gasteiger partial charge >= 0.3 is 0 Å². The Morgan fingerprint density at radius 3 is 2.07 bits per heavy atom. The first-order chi connectivity index (χ1) is 6.81. The van der Waals surface area contributed by atoms with Crippen LogP contribution >= 0.6 is 0 Å². The first-order valence-electron chi connectivity index (χ1n) is 5.87. The van der Waals surface area contributed by atoms with E-state index in [0.717, 1.165) is 25.5 Å². The second-order valence-electron chi connectivity index (χ2n) is 5.10. The molecule has 1 unspecified atom stereocenters. The Morgan fingerprint density at radius 1 is 1.27 bits per heavy atom. The van der Waals surface area contributed by atoms with Crippen LogP contribution in [0.25, 0.3) is 0 Å². The zero-order valence-electron chi connectivity index (χ0n) is 11.2. The van der Waals surface area contributed by atoms with E-state index in [0.29, 0.717) is 0 Å². The molecule has 2 N–H and O–H groups in total. The Balaban J connectivity index is 4.29. The third-order valence-corrected chi connectivity index (χ3v) is 2.54. The number of aliphatic imine (C=N–C) groups is 1. The highest BCUT2D eigenvalue weighted by atomic mass is 15.1. The summed E-state index contributed by atoms with van der Waals surface area (Å²) >= 11 is 0. The summed E-state index contributed by atoms with van der Waals surface area (Å²) in [5, 5.41) is 0. The summed E-state index contributed by atoms with van der Waals surface area (Å²) in [6.45, 7) is 15.9. The maximum absolute atomic E-state index is 5.94. The van der Waals surface area contributed by atoms with Gasteiger partial charge in [-0.05, 0) is 20.0 Å². The van der Waals surface area contributed by atoms with Gasteiger partial charge in [0.05, 0.1) is 11.9 Å². The van der Waals surface area contributed by atoms with Crippen molar-refractivity contribution in [2.24, 2.45) is 16.1 Å². The highest BCUT2D eigenvalue weighted by Crippen LogP contribution is 2.13. The molecule has 0 radical (unpaired) electrons. The molecule has 15 heavy (non-hydrogen) atoms. The van der Waals surface area contributed by atoms with E-state index in [9.17, 15) is 0 Å². The topological polar surface area (TPSA) is 41.6 Å². The Hall–Kier alpha value is -0.570. The number of nitrogens with zero attached hydrogens (tertiary/aromatic N) is 2. The molecule has 0 aromatic heterocycles. The predicted molar refractivity (Wildman–Crippen MR) is 68.3 cm³/mol. The molecule has 0 saturated carbocycles. The molecule has 0 fully saturated rings. The van der Waals surface area contributed by atoms with E-state index in [-0.39, 0.29) is 11.5 Å². The first-order valence-corrected chi connectivity index (χ1v) is 5.87. The van der Waals surface area contributed by atoms with Crippen LogP contribution in [0.2, 0.25) is 0 Å². The van der Waals surface area contributed by atoms with Gasteiger partial charge in [-0.1, -0.05) is 34.6 Å². The minimum atomic E-state index is -0.0163. The molecule has 0 aromatic carbocycles. The summed E-state index contributed by atoms with van der Waals surface area (Å²) in [5.41, 5.74) is 5.93. The standard InChI is InChI=1S/C12H27N3/c1-7-15(8-2)9-10(3)14-11(13)12(4,5)6/h10H,7-9H2,1-6H3,(H2,13,14). The first kappa shape index (κ1) is 14.4. The molecule has 0 rings (SSSR count). The highest BCUT2D eigenvalue weighted by Gasteiger charge is 2.16. The summed E-state index contributed by atoms with van der Waals surface area (Å²) in [6.07, 6.45) is 0. The van der Waals surface area contributed by atoms with E-state index in [1.807, 2.05) is 0 Å². The van der Waals surface area contributed by atoms with E-state index >= 15 is 0 Å². The molecule has 0 aromatic rings. The van der Waals surface area contributed by atoms with E-state index in [1.54, 1.807) is 0 Å². The van der Waals surface area contributed by atoms with Gasteiger partial charge in [0.15, 0.2) is 0 Å². The van der Waals surface area contributed by atoms with Crippen molar-refractivity contribution in [1.29, 1.82) is 0 Å². The van der Waals surface area contributed by atoms with Crippen molar-refractivity contribution in [2.75, 3.05) is 19.6 Å². The summed E-state index contributed by atoms with van der Waals surface area (Å²) in [5.74, 6) is 0.752. The fourth-order valence-corrected chi connectivity index (χ4v) is 1.33. The minimum absolute atomic E-state index is 0.0163. The lowest BCUT2D eigenvalue weighted by Gasteiger charge is -2.23. The second-order valence-corrected chi connectivity index (χ2v) is 5.10. The molecule has 0 aliphatic carbocycles. The van der Waals surface area contributed by atoms with Crippen LogP contribution in [0.15, 0.2) is 4.99 Å². The molecule has 3 nitrogen and oxygen atoms in total. The van der Waals surface area contributed by atoms with Crippen LogP contribution in [-0.2, 0) is 0 Å². The maximum Gasteiger partial charge on any atom is 0.0995 e. The largest absolute Gasteiger partial charge is 0.387 e. The SMILES string of the molecule is CCN(CC)CC(C)N=C(N)C(C)(C)C. The van der Waals surface area contributed by atoms with Gasteiger partial charge in [-0.2, -0.15) is 0 Å². The summed E-state index contributed by atoms with van der Waals surface area (Å²) in [4.78, 5) is 6.90. The molecule has 0 spiro atoms. The molecule has 0 saturated heterocycles. The molecule has 3 heteroatoms. The van der Waals surface area contributed by atoms with E-state index in [1.165, 1.54) is 0 Å². The van der Waals surface area contributed by atoms with Gasteiger partial charge in [-0.15, -0.1) is 0 Å². The monoisotopic (exact) mass is 213 g/mol. The molecular weight excluding hydrogens is 186 g/mol. The molecule has 0 aliphatic heterocycles. The van der Waals surface area contributed by atoms with Crippen LogP contribution in [0.1, 0.15) is 41.5 Å². The third kappa shape index (κ3) is 5.78. The molecule has 90 valence electrons. The van der Waals surface area contributed by atoms with Crippen LogP contribution in [0, 0.1) is 5.41 Å². The highest BCUT2D eigenvalue weighted by molar-refractivity contribution is 5.85. The van der Waals surface area contributed by atoms with Gasteiger partial charge < -0.3 is 10.6 Å². The Bertz CT molecular complexity index is 199. The Labute approximate surface area is 94.7 Å². The molecule has 0 heterocycles. The van der Waals surface area contributed by atoms with Crippen LogP contribution in [0.4, 0.5) is 0 Å². The van der Waals surface area contributed by atoms with E-state index in [4.69, 9.17) is 5.73 Å². The maximum atomic E-state index is 5.94. The van der Waals surface area contributed by atoms with Gasteiger partial charge in [0.1, 0.15) is 0 Å². The quantitative estimate of drug-likeness (QED) is 0.561. The number of hydrogen-bond donors (Lipinski definition) is 1. The van der Waals surface area contributed by atoms with Gasteiger partial charge in [0.25, 0.3) is 0 Å². The van der Waals surface area contributed by atoms with Gasteiger partial charge in [0, 0.05) is 12.0 Å². The third-order valence-electron chi connectivity index (χ3n) is 2.54. The van der Waals surface area contributed by atoms with Gasteiger partial charge in [-0.25, -0.2) is 0 Å². The van der Waals surface area contributed by atoms with Crippen molar-refractivity contribution in [3.05, 3.63) is 0 Å². The Morgan fingerprint density at radius 2 is 1.73 bits per heavy atom. The van der Waals surface area contributed by atoms with Crippen molar-refractivity contribution in [3.63, 3.8) is 0 Å². The van der Waals surface area contributed by atoms with Gasteiger partial charge in [-0.3, -0.25) is 4.99 Å². The van der Waals surface area contributed by atoms with Crippen LogP contribution in [-0.4, -0.2) is 36.4 Å². The fourth-order valence-electron chi connectivity index (χ4n) is 1.33. The van der Waals surface area contributed by atoms with E-state index < -0.39 is 0 Å². The smallest absolute Gasteiger partial charge is 0.0995 e. The molecule has 1 atom stereocenters. The van der Waals surface area contributed by atoms with Crippen LogP contribution in [0.3, 0.4) is 0 Å². The van der Waals surface area contributed by atoms with Crippen molar-refractivity contribution in [2.45, 2.75) is 47.6 Å². The molecule has 0 aliphatic rings. The number of likely N-dealkylation sites (N-methyl/N-ethyl adjacent to an activating group) is 1. The van der Waals surface area contributed by atoms with Crippen molar-refractivity contribution in [1.82, 2.24) is 4.90 Å². The van der Waals surface area contributed by atoms with Crippen LogP contribution < -0.4 is 5.73 Å². The van der Waals surface area contributed by atoms with Gasteiger partial charge in [0.2, 0.25) is 0 Å². The lowest BCUT2D eigenvalue weighted by molar-refractivity contribution is 0.289. The van der Waals surface area contributed by atoms with Crippen LogP contribution in [0.5, 0.6) is 0 Å². The second kappa shape index (κ2) is 6.11. The normalized spacial score (nSPS) is 15.8. The predicted octanol–water partition coefficient (Wildman–Crippen LogP) is 2.12. The molecule has 0 bridgehead atoms. The zero-order chi connectivity index (χ0) is 12.1. The molecule has 0 amide bonds. The van der Waals surface area contributed by atoms with E-state index in [2.05, 4.69) is 51.4 Å². The fraction of sp³-hybridized carbons (Fsp3) is 0.917. The summed E-state index contributed by atoms with van der Waals surface area (Å²) < 4.78 is 0. The van der Waals surface area contributed by atoms with Crippen molar-refractivity contribution < 1.29 is 0 Å². The lowest BCUT2D eigenvalue weighted by Crippen LogP contribution is -2.34. The molecular formula is C12H27N3. The average molecular weight is 213 g/mol. The van der Waals surface area contributed by atoms with Crippen molar-refractivity contribution >= 4 is 5.84 Å². The number of nitrogens with two attached hydrogens (primary N) is 1. The Kier molecular flexibility index (Phi) is 5.88. The minimum Gasteiger partial charge on any atom is -0.387 e. The summed E-state index contributed by atoms with van der Waals surface area (Å²) in [7, 11) is 0. The number of hydrogen-bond acceptors (Lipinski definition) is 2. The zero-order valence-corrected chi connectivity index (χ0v) is 11.2. The summed E-state index contributed by atoms with van der Waals surface area (Å²) in [6, 6.07) is 0.282. The van der Waals surface area contributed by atoms with Crippen molar-refractivity contribution in [3.8, 4) is 0 Å².